The third-order valence-corrected chi connectivity index (χ3v) is 2.89. The van der Waals surface area contributed by atoms with Gasteiger partial charge in [-0.25, -0.2) is 0 Å². The van der Waals surface area contributed by atoms with Crippen molar-refractivity contribution in [3.05, 3.63) is 72.3 Å². The van der Waals surface area contributed by atoms with Crippen molar-refractivity contribution in [3.63, 3.8) is 0 Å². The predicted octanol–water partition coefficient (Wildman–Crippen LogP) is 2.23. The minimum atomic E-state index is -1.18. The topological polar surface area (TPSA) is 61.4 Å². The lowest BCUT2D eigenvalue weighted by atomic mass is 10.2. The second-order valence-electron chi connectivity index (χ2n) is 4.47. The first kappa shape index (κ1) is 14.7. The Morgan fingerprint density at radius 2 is 2.00 bits per heavy atom. The molecule has 0 saturated heterocycles. The van der Waals surface area contributed by atoms with Crippen LogP contribution < -0.4 is 15.2 Å². The van der Waals surface area contributed by atoms with Crippen molar-refractivity contribution in [3.8, 4) is 5.75 Å². The second-order valence-corrected chi connectivity index (χ2v) is 4.47. The number of benzene rings is 2. The SMILES string of the molecule is C=CCOc1ccc(CNc2cccc(C(=O)[O-])c2)cc1. The van der Waals surface area contributed by atoms with E-state index < -0.39 is 5.97 Å². The Hall–Kier alpha value is -2.75. The molecule has 0 aliphatic carbocycles. The monoisotopic (exact) mass is 282 g/mol. The molecule has 0 atom stereocenters. The van der Waals surface area contributed by atoms with E-state index in [-0.39, 0.29) is 5.56 Å². The van der Waals surface area contributed by atoms with Crippen LogP contribution in [-0.4, -0.2) is 12.6 Å². The summed E-state index contributed by atoms with van der Waals surface area (Å²) in [6.07, 6.45) is 1.69. The third-order valence-electron chi connectivity index (χ3n) is 2.89. The summed E-state index contributed by atoms with van der Waals surface area (Å²) in [5.74, 6) is -0.389. The number of carbonyl (C=O) groups is 1. The summed E-state index contributed by atoms with van der Waals surface area (Å²) >= 11 is 0. The van der Waals surface area contributed by atoms with E-state index in [1.165, 1.54) is 6.07 Å². The van der Waals surface area contributed by atoms with Crippen molar-refractivity contribution in [1.82, 2.24) is 0 Å². The number of aromatic carboxylic acids is 1. The van der Waals surface area contributed by atoms with Gasteiger partial charge in [0.25, 0.3) is 0 Å². The van der Waals surface area contributed by atoms with Gasteiger partial charge in [-0.3, -0.25) is 0 Å². The van der Waals surface area contributed by atoms with Gasteiger partial charge >= 0.3 is 0 Å². The minimum absolute atomic E-state index is 0.160. The van der Waals surface area contributed by atoms with Gasteiger partial charge in [0.15, 0.2) is 0 Å². The predicted molar refractivity (Wildman–Crippen MR) is 80.2 cm³/mol. The molecule has 0 saturated carbocycles. The molecule has 0 fully saturated rings. The third kappa shape index (κ3) is 4.38. The highest BCUT2D eigenvalue weighted by Gasteiger charge is 1.98. The Bertz CT molecular complexity index is 620. The molecule has 0 heterocycles. The molecule has 0 aromatic heterocycles. The molecular weight excluding hydrogens is 266 g/mol. The Kier molecular flexibility index (Phi) is 4.99. The van der Waals surface area contributed by atoms with Crippen LogP contribution >= 0.6 is 0 Å². The van der Waals surface area contributed by atoms with E-state index in [4.69, 9.17) is 4.74 Å². The maximum Gasteiger partial charge on any atom is 0.119 e. The molecule has 2 aromatic rings. The van der Waals surface area contributed by atoms with E-state index in [2.05, 4.69) is 11.9 Å². The van der Waals surface area contributed by atoms with Crippen LogP contribution in [0.3, 0.4) is 0 Å². The lowest BCUT2D eigenvalue weighted by molar-refractivity contribution is -0.255. The van der Waals surface area contributed by atoms with E-state index in [0.717, 1.165) is 17.0 Å². The largest absolute Gasteiger partial charge is 0.545 e. The zero-order valence-corrected chi connectivity index (χ0v) is 11.5. The normalized spacial score (nSPS) is 9.90. The fourth-order valence-corrected chi connectivity index (χ4v) is 1.82. The highest BCUT2D eigenvalue weighted by Crippen LogP contribution is 2.15. The quantitative estimate of drug-likeness (QED) is 0.791. The van der Waals surface area contributed by atoms with Crippen molar-refractivity contribution in [2.24, 2.45) is 0 Å². The van der Waals surface area contributed by atoms with Gasteiger partial charge in [0.2, 0.25) is 0 Å². The lowest BCUT2D eigenvalue weighted by Crippen LogP contribution is -2.22. The van der Waals surface area contributed by atoms with Crippen LogP contribution in [-0.2, 0) is 6.54 Å². The van der Waals surface area contributed by atoms with Gasteiger partial charge < -0.3 is 20.0 Å². The standard InChI is InChI=1S/C17H17NO3/c1-2-10-21-16-8-6-13(7-9-16)12-18-15-5-3-4-14(11-15)17(19)20/h2-9,11,18H,1,10,12H2,(H,19,20)/p-1. The first-order chi connectivity index (χ1) is 10.2. The highest BCUT2D eigenvalue weighted by molar-refractivity contribution is 5.87. The van der Waals surface area contributed by atoms with E-state index in [1.807, 2.05) is 30.3 Å². The van der Waals surface area contributed by atoms with Crippen LogP contribution in [0.4, 0.5) is 5.69 Å². The molecule has 0 aliphatic heterocycles. The second kappa shape index (κ2) is 7.14. The highest BCUT2D eigenvalue weighted by atomic mass is 16.5. The van der Waals surface area contributed by atoms with Gasteiger partial charge in [0.05, 0.1) is 5.97 Å². The van der Waals surface area contributed by atoms with E-state index in [9.17, 15) is 9.90 Å². The number of carbonyl (C=O) groups excluding carboxylic acids is 1. The molecule has 0 unspecified atom stereocenters. The number of hydrogen-bond donors (Lipinski definition) is 1. The summed E-state index contributed by atoms with van der Waals surface area (Å²) in [7, 11) is 0. The summed E-state index contributed by atoms with van der Waals surface area (Å²) in [5.41, 5.74) is 1.97. The molecule has 108 valence electrons. The molecule has 0 aliphatic rings. The number of rotatable bonds is 7. The average Bonchev–Trinajstić information content (AvgIpc) is 2.52. The van der Waals surface area contributed by atoms with Crippen LogP contribution in [0, 0.1) is 0 Å². The molecule has 0 bridgehead atoms. The number of anilines is 1. The summed E-state index contributed by atoms with van der Waals surface area (Å²) in [6.45, 7) is 4.67. The van der Waals surface area contributed by atoms with Crippen molar-refractivity contribution in [2.75, 3.05) is 11.9 Å². The molecule has 1 N–H and O–H groups in total. The van der Waals surface area contributed by atoms with Gasteiger partial charge in [-0.05, 0) is 35.4 Å². The molecule has 4 nitrogen and oxygen atoms in total. The molecule has 4 heteroatoms. The first-order valence-electron chi connectivity index (χ1n) is 6.57. The Labute approximate surface area is 123 Å². The number of carboxylic acids is 1. The van der Waals surface area contributed by atoms with Gasteiger partial charge in [-0.15, -0.1) is 0 Å². The summed E-state index contributed by atoms with van der Waals surface area (Å²) in [6, 6.07) is 14.2. The number of hydrogen-bond acceptors (Lipinski definition) is 4. The molecule has 2 rings (SSSR count). The molecule has 0 radical (unpaired) electrons. The van der Waals surface area contributed by atoms with E-state index in [0.29, 0.717) is 13.2 Å². The van der Waals surface area contributed by atoms with Gasteiger partial charge in [0.1, 0.15) is 12.4 Å². The molecule has 2 aromatic carbocycles. The Balaban J connectivity index is 1.95. The van der Waals surface area contributed by atoms with Gasteiger partial charge in [-0.1, -0.05) is 36.9 Å². The number of ether oxygens (including phenoxy) is 1. The van der Waals surface area contributed by atoms with Crippen LogP contribution in [0.1, 0.15) is 15.9 Å². The maximum absolute atomic E-state index is 10.8. The summed E-state index contributed by atoms with van der Waals surface area (Å²) in [5, 5.41) is 14.0. The summed E-state index contributed by atoms with van der Waals surface area (Å²) in [4.78, 5) is 10.8. The Morgan fingerprint density at radius 3 is 2.67 bits per heavy atom. The molecular formula is C17H16NO3-. The fourth-order valence-electron chi connectivity index (χ4n) is 1.82. The van der Waals surface area contributed by atoms with Crippen molar-refractivity contribution in [2.45, 2.75) is 6.54 Å². The van der Waals surface area contributed by atoms with Crippen molar-refractivity contribution in [1.29, 1.82) is 0 Å². The van der Waals surface area contributed by atoms with Crippen LogP contribution in [0.15, 0.2) is 61.2 Å². The molecule has 0 spiro atoms. The minimum Gasteiger partial charge on any atom is -0.545 e. The smallest absolute Gasteiger partial charge is 0.119 e. The van der Waals surface area contributed by atoms with E-state index in [1.54, 1.807) is 18.2 Å². The van der Waals surface area contributed by atoms with Crippen LogP contribution in [0.25, 0.3) is 0 Å². The Morgan fingerprint density at radius 1 is 1.24 bits per heavy atom. The zero-order chi connectivity index (χ0) is 15.1. The molecule has 21 heavy (non-hydrogen) atoms. The maximum atomic E-state index is 10.8. The van der Waals surface area contributed by atoms with Crippen LogP contribution in [0.2, 0.25) is 0 Å². The number of carboxylic acid groups (broad SMARTS) is 1. The van der Waals surface area contributed by atoms with Gasteiger partial charge in [0, 0.05) is 12.2 Å². The van der Waals surface area contributed by atoms with Gasteiger partial charge in [-0.2, -0.15) is 0 Å². The zero-order valence-electron chi connectivity index (χ0n) is 11.5. The molecule has 0 amide bonds. The average molecular weight is 282 g/mol. The van der Waals surface area contributed by atoms with E-state index >= 15 is 0 Å². The summed E-state index contributed by atoms with van der Waals surface area (Å²) < 4.78 is 5.40. The van der Waals surface area contributed by atoms with Crippen molar-refractivity contribution >= 4 is 11.7 Å². The first-order valence-corrected chi connectivity index (χ1v) is 6.57. The van der Waals surface area contributed by atoms with Crippen molar-refractivity contribution < 1.29 is 14.6 Å². The fraction of sp³-hybridized carbons (Fsp3) is 0.118. The number of nitrogens with one attached hydrogen (secondary N) is 1. The lowest BCUT2D eigenvalue weighted by Gasteiger charge is -2.10. The van der Waals surface area contributed by atoms with Crippen LogP contribution in [0.5, 0.6) is 5.75 Å².